The van der Waals surface area contributed by atoms with Crippen LogP contribution < -0.4 is 21.3 Å². The summed E-state index contributed by atoms with van der Waals surface area (Å²) in [4.78, 5) is 0. The Morgan fingerprint density at radius 2 is 1.14 bits per heavy atom. The number of hydrogen-bond acceptors (Lipinski definition) is 4. The van der Waals surface area contributed by atoms with Crippen LogP contribution in [-0.2, 0) is 0 Å². The van der Waals surface area contributed by atoms with Crippen LogP contribution >= 0.6 is 0 Å². The van der Waals surface area contributed by atoms with Crippen LogP contribution in [0.5, 0.6) is 0 Å². The van der Waals surface area contributed by atoms with Crippen LogP contribution in [0.25, 0.3) is 0 Å². The van der Waals surface area contributed by atoms with Gasteiger partial charge in [0.1, 0.15) is 0 Å². The van der Waals surface area contributed by atoms with E-state index >= 15 is 0 Å². The van der Waals surface area contributed by atoms with Gasteiger partial charge in [0.15, 0.2) is 0 Å². The lowest BCUT2D eigenvalue weighted by atomic mass is 10.1. The third-order valence-electron chi connectivity index (χ3n) is 3.47. The van der Waals surface area contributed by atoms with Crippen LogP contribution in [0, 0.1) is 0 Å². The monoisotopic (exact) mass is 316 g/mol. The Morgan fingerprint density at radius 1 is 0.636 bits per heavy atom. The quantitative estimate of drug-likeness (QED) is 0.331. The SMILES string of the molecule is CC.CCNCCCNCCCCC(C)NCCCNCC. The van der Waals surface area contributed by atoms with Gasteiger partial charge in [-0.2, -0.15) is 0 Å². The summed E-state index contributed by atoms with van der Waals surface area (Å²) in [6, 6.07) is 0.658. The van der Waals surface area contributed by atoms with Crippen LogP contribution in [0.1, 0.15) is 66.7 Å². The average molecular weight is 317 g/mol. The van der Waals surface area contributed by atoms with Crippen molar-refractivity contribution >= 4 is 0 Å². The molecule has 0 aliphatic rings. The standard InChI is InChI=1S/C16H38N4.C2H6/c1-4-17-12-8-14-19-11-7-6-10-16(3)20-15-9-13-18-5-2;1-2/h16-20H,4-15H2,1-3H3;1-2H3. The smallest absolute Gasteiger partial charge is 0.00387 e. The fourth-order valence-electron chi connectivity index (χ4n) is 2.18. The van der Waals surface area contributed by atoms with Gasteiger partial charge in [-0.05, 0) is 78.4 Å². The molecule has 0 aliphatic heterocycles. The molecule has 0 spiro atoms. The fraction of sp³-hybridized carbons (Fsp3) is 1.00. The summed E-state index contributed by atoms with van der Waals surface area (Å²) >= 11 is 0. The second kappa shape index (κ2) is 23.1. The Kier molecular flexibility index (Phi) is 25.3. The lowest BCUT2D eigenvalue weighted by molar-refractivity contribution is 0.472. The predicted octanol–water partition coefficient (Wildman–Crippen LogP) is 2.75. The van der Waals surface area contributed by atoms with E-state index in [9.17, 15) is 0 Å². The van der Waals surface area contributed by atoms with Crippen molar-refractivity contribution in [2.45, 2.75) is 72.8 Å². The summed E-state index contributed by atoms with van der Waals surface area (Å²) in [6.45, 7) is 18.5. The van der Waals surface area contributed by atoms with Crippen molar-refractivity contribution in [3.63, 3.8) is 0 Å². The summed E-state index contributed by atoms with van der Waals surface area (Å²) in [7, 11) is 0. The van der Waals surface area contributed by atoms with E-state index in [4.69, 9.17) is 0 Å². The maximum Gasteiger partial charge on any atom is 0.00387 e. The molecule has 0 amide bonds. The average Bonchev–Trinajstić information content (AvgIpc) is 2.55. The maximum absolute atomic E-state index is 3.60. The summed E-state index contributed by atoms with van der Waals surface area (Å²) < 4.78 is 0. The van der Waals surface area contributed by atoms with Crippen molar-refractivity contribution in [1.29, 1.82) is 0 Å². The number of unbranched alkanes of at least 4 members (excludes halogenated alkanes) is 1. The minimum Gasteiger partial charge on any atom is -0.317 e. The highest BCUT2D eigenvalue weighted by molar-refractivity contribution is 4.62. The van der Waals surface area contributed by atoms with Crippen molar-refractivity contribution in [2.75, 3.05) is 45.8 Å². The molecule has 0 fully saturated rings. The molecule has 0 rings (SSSR count). The Morgan fingerprint density at radius 3 is 1.73 bits per heavy atom. The molecular weight excluding hydrogens is 272 g/mol. The van der Waals surface area contributed by atoms with Gasteiger partial charge in [-0.15, -0.1) is 0 Å². The maximum atomic E-state index is 3.60. The van der Waals surface area contributed by atoms with Crippen molar-refractivity contribution in [1.82, 2.24) is 21.3 Å². The van der Waals surface area contributed by atoms with E-state index < -0.39 is 0 Å². The molecule has 0 bridgehead atoms. The third-order valence-corrected chi connectivity index (χ3v) is 3.47. The highest BCUT2D eigenvalue weighted by atomic mass is 14.9. The van der Waals surface area contributed by atoms with Crippen LogP contribution in [-0.4, -0.2) is 51.9 Å². The van der Waals surface area contributed by atoms with Gasteiger partial charge in [0.2, 0.25) is 0 Å². The Balaban J connectivity index is 0. The lowest BCUT2D eigenvalue weighted by Gasteiger charge is -2.13. The Hall–Kier alpha value is -0.160. The molecule has 0 aromatic rings. The lowest BCUT2D eigenvalue weighted by Crippen LogP contribution is -2.29. The van der Waals surface area contributed by atoms with Gasteiger partial charge in [-0.3, -0.25) is 0 Å². The van der Waals surface area contributed by atoms with Crippen LogP contribution in [0.4, 0.5) is 0 Å². The second-order valence-electron chi connectivity index (χ2n) is 5.52. The molecule has 0 aromatic carbocycles. The topological polar surface area (TPSA) is 48.1 Å². The molecule has 4 N–H and O–H groups in total. The van der Waals surface area contributed by atoms with E-state index in [1.165, 1.54) is 38.6 Å². The third kappa shape index (κ3) is 22.1. The van der Waals surface area contributed by atoms with Crippen LogP contribution in [0.15, 0.2) is 0 Å². The van der Waals surface area contributed by atoms with Gasteiger partial charge >= 0.3 is 0 Å². The van der Waals surface area contributed by atoms with Crippen molar-refractivity contribution < 1.29 is 0 Å². The predicted molar refractivity (Wildman–Crippen MR) is 102 cm³/mol. The highest BCUT2D eigenvalue weighted by Gasteiger charge is 2.00. The van der Waals surface area contributed by atoms with E-state index in [1.54, 1.807) is 0 Å². The van der Waals surface area contributed by atoms with Gasteiger partial charge in [0.05, 0.1) is 0 Å². The summed E-state index contributed by atoms with van der Waals surface area (Å²) in [5.74, 6) is 0. The minimum atomic E-state index is 0.658. The first-order chi connectivity index (χ1) is 10.8. The number of nitrogens with one attached hydrogen (secondary N) is 4. The molecule has 0 aromatic heterocycles. The summed E-state index contributed by atoms with van der Waals surface area (Å²) in [5, 5.41) is 13.8. The van der Waals surface area contributed by atoms with Gasteiger partial charge < -0.3 is 21.3 Å². The highest BCUT2D eigenvalue weighted by Crippen LogP contribution is 1.99. The molecule has 0 heterocycles. The zero-order valence-electron chi connectivity index (χ0n) is 16.1. The zero-order chi connectivity index (χ0) is 16.9. The first-order valence-corrected chi connectivity index (χ1v) is 9.66. The van der Waals surface area contributed by atoms with E-state index in [0.29, 0.717) is 6.04 Å². The molecule has 0 saturated heterocycles. The van der Waals surface area contributed by atoms with E-state index in [2.05, 4.69) is 42.0 Å². The second-order valence-corrected chi connectivity index (χ2v) is 5.52. The van der Waals surface area contributed by atoms with Crippen molar-refractivity contribution in [3.05, 3.63) is 0 Å². The first kappa shape index (κ1) is 24.1. The zero-order valence-corrected chi connectivity index (χ0v) is 16.1. The van der Waals surface area contributed by atoms with E-state index in [1.807, 2.05) is 13.8 Å². The molecule has 4 heteroatoms. The van der Waals surface area contributed by atoms with Crippen molar-refractivity contribution in [2.24, 2.45) is 0 Å². The number of hydrogen-bond donors (Lipinski definition) is 4. The molecule has 0 radical (unpaired) electrons. The van der Waals surface area contributed by atoms with Crippen LogP contribution in [0.3, 0.4) is 0 Å². The molecule has 0 aliphatic carbocycles. The molecule has 1 atom stereocenters. The Labute approximate surface area is 140 Å². The summed E-state index contributed by atoms with van der Waals surface area (Å²) in [5.41, 5.74) is 0. The van der Waals surface area contributed by atoms with Gasteiger partial charge in [0.25, 0.3) is 0 Å². The van der Waals surface area contributed by atoms with Gasteiger partial charge in [0, 0.05) is 6.04 Å². The molecular formula is C18H44N4. The molecule has 22 heavy (non-hydrogen) atoms. The molecule has 4 nitrogen and oxygen atoms in total. The molecule has 0 saturated carbocycles. The molecule has 136 valence electrons. The van der Waals surface area contributed by atoms with Gasteiger partial charge in [-0.25, -0.2) is 0 Å². The first-order valence-electron chi connectivity index (χ1n) is 9.66. The minimum absolute atomic E-state index is 0.658. The normalized spacial score (nSPS) is 11.9. The summed E-state index contributed by atoms with van der Waals surface area (Å²) in [6.07, 6.45) is 6.37. The van der Waals surface area contributed by atoms with Crippen LogP contribution in [0.2, 0.25) is 0 Å². The van der Waals surface area contributed by atoms with E-state index in [-0.39, 0.29) is 0 Å². The van der Waals surface area contributed by atoms with E-state index in [0.717, 1.165) is 39.3 Å². The fourth-order valence-corrected chi connectivity index (χ4v) is 2.18. The largest absolute Gasteiger partial charge is 0.317 e. The van der Waals surface area contributed by atoms with Gasteiger partial charge in [-0.1, -0.05) is 34.1 Å². The molecule has 1 unspecified atom stereocenters. The van der Waals surface area contributed by atoms with Crippen molar-refractivity contribution in [3.8, 4) is 0 Å². The Bertz CT molecular complexity index is 176. The number of rotatable bonds is 16.